The number of carbonyl (C=O) groups is 2. The first kappa shape index (κ1) is 18.7. The Hall–Kier alpha value is -2.08. The van der Waals surface area contributed by atoms with E-state index >= 15 is 0 Å². The summed E-state index contributed by atoms with van der Waals surface area (Å²) in [5.74, 6) is -0.0555. The van der Waals surface area contributed by atoms with Crippen LogP contribution >= 0.6 is 0 Å². The van der Waals surface area contributed by atoms with Crippen molar-refractivity contribution in [3.63, 3.8) is 0 Å². The van der Waals surface area contributed by atoms with Crippen molar-refractivity contribution in [1.29, 1.82) is 0 Å². The third-order valence-corrected chi connectivity index (χ3v) is 4.73. The van der Waals surface area contributed by atoms with Crippen LogP contribution in [0.4, 0.5) is 4.79 Å². The molecule has 3 rings (SSSR count). The molecule has 1 N–H and O–H groups in total. The summed E-state index contributed by atoms with van der Waals surface area (Å²) < 4.78 is 10.8. The van der Waals surface area contributed by atoms with Gasteiger partial charge in [-0.15, -0.1) is 0 Å². The fraction of sp³-hybridized carbons (Fsp3) is 0.600. The van der Waals surface area contributed by atoms with Gasteiger partial charge in [0, 0.05) is 12.6 Å². The first-order chi connectivity index (χ1) is 12.2. The van der Waals surface area contributed by atoms with Crippen molar-refractivity contribution in [2.45, 2.75) is 70.4 Å². The molecule has 2 aliphatic rings. The van der Waals surface area contributed by atoms with Gasteiger partial charge in [-0.05, 0) is 46.1 Å². The number of likely N-dealkylation sites (tertiary alicyclic amines) is 1. The highest BCUT2D eigenvalue weighted by molar-refractivity contribution is 5.83. The molecule has 2 saturated heterocycles. The van der Waals surface area contributed by atoms with Crippen LogP contribution in [0.5, 0.6) is 0 Å². The average Bonchev–Trinajstić information content (AvgIpc) is 3.31. The van der Waals surface area contributed by atoms with Gasteiger partial charge < -0.3 is 19.7 Å². The molecule has 1 aromatic rings. The molecule has 0 unspecified atom stereocenters. The summed E-state index contributed by atoms with van der Waals surface area (Å²) in [6.07, 6.45) is 0.733. The molecule has 2 heterocycles. The second-order valence-corrected chi connectivity index (χ2v) is 8.09. The van der Waals surface area contributed by atoms with Crippen molar-refractivity contribution in [1.82, 2.24) is 10.2 Å². The van der Waals surface area contributed by atoms with Gasteiger partial charge in [0.25, 0.3) is 5.91 Å². The van der Waals surface area contributed by atoms with Gasteiger partial charge in [-0.25, -0.2) is 4.79 Å². The largest absolute Gasteiger partial charge is 0.444 e. The number of nitrogens with one attached hydrogen (secondary N) is 1. The summed E-state index contributed by atoms with van der Waals surface area (Å²) >= 11 is 0. The molecule has 0 spiro atoms. The predicted octanol–water partition coefficient (Wildman–Crippen LogP) is 3.03. The zero-order chi connectivity index (χ0) is 18.9. The van der Waals surface area contributed by atoms with Gasteiger partial charge in [-0.1, -0.05) is 30.3 Å². The lowest BCUT2D eigenvalue weighted by atomic mass is 9.92. The van der Waals surface area contributed by atoms with Crippen LogP contribution in [-0.4, -0.2) is 47.3 Å². The standard InChI is InChI=1S/C20H28N2O4/c1-13-17(25-13)18(23)21-15-10-11-22(19(24)26-20(2,3)4)16(12-15)14-8-6-5-7-9-14/h5-9,13,15-17H,10-12H2,1-4H3,(H,21,23)/t13-,15+,16+,17+/m0/s1. The van der Waals surface area contributed by atoms with Crippen LogP contribution in [-0.2, 0) is 14.3 Å². The lowest BCUT2D eigenvalue weighted by Crippen LogP contribution is -2.50. The number of hydrogen-bond acceptors (Lipinski definition) is 4. The number of carbonyl (C=O) groups excluding carboxylic acids is 2. The normalized spacial score (nSPS) is 28.4. The number of piperidine rings is 1. The SMILES string of the molecule is C[C@@H]1O[C@H]1C(=O)N[C@@H]1CCN(C(=O)OC(C)(C)C)[C@@H](c2ccccc2)C1. The highest BCUT2D eigenvalue weighted by Crippen LogP contribution is 2.33. The second kappa shape index (κ2) is 7.27. The topological polar surface area (TPSA) is 71.2 Å². The minimum absolute atomic E-state index is 0.00164. The molecule has 2 amide bonds. The van der Waals surface area contributed by atoms with E-state index in [2.05, 4.69) is 5.32 Å². The quantitative estimate of drug-likeness (QED) is 0.841. The van der Waals surface area contributed by atoms with Crippen LogP contribution in [0.3, 0.4) is 0 Å². The molecule has 0 aliphatic carbocycles. The second-order valence-electron chi connectivity index (χ2n) is 8.09. The van der Waals surface area contributed by atoms with E-state index in [-0.39, 0.29) is 36.3 Å². The van der Waals surface area contributed by atoms with E-state index in [1.165, 1.54) is 0 Å². The number of ether oxygens (including phenoxy) is 2. The molecule has 0 aromatic heterocycles. The summed E-state index contributed by atoms with van der Waals surface area (Å²) in [5.41, 5.74) is 0.511. The Labute approximate surface area is 154 Å². The zero-order valence-electron chi connectivity index (χ0n) is 15.9. The predicted molar refractivity (Wildman–Crippen MR) is 97.6 cm³/mol. The maximum absolute atomic E-state index is 12.7. The Kier molecular flexibility index (Phi) is 5.23. The molecule has 2 fully saturated rings. The molecule has 6 heteroatoms. The van der Waals surface area contributed by atoms with Crippen LogP contribution in [0.1, 0.15) is 52.1 Å². The van der Waals surface area contributed by atoms with Gasteiger partial charge in [0.05, 0.1) is 12.1 Å². The Balaban J connectivity index is 1.72. The summed E-state index contributed by atoms with van der Waals surface area (Å²) in [6.45, 7) is 8.03. The van der Waals surface area contributed by atoms with Gasteiger partial charge in [0.15, 0.2) is 6.10 Å². The minimum atomic E-state index is -0.539. The van der Waals surface area contributed by atoms with Crippen molar-refractivity contribution >= 4 is 12.0 Å². The number of hydrogen-bond donors (Lipinski definition) is 1. The average molecular weight is 360 g/mol. The van der Waals surface area contributed by atoms with Crippen molar-refractivity contribution < 1.29 is 19.1 Å². The minimum Gasteiger partial charge on any atom is -0.444 e. The van der Waals surface area contributed by atoms with Crippen LogP contribution in [0.2, 0.25) is 0 Å². The first-order valence-electron chi connectivity index (χ1n) is 9.25. The van der Waals surface area contributed by atoms with Crippen LogP contribution in [0, 0.1) is 0 Å². The highest BCUT2D eigenvalue weighted by atomic mass is 16.6. The molecule has 0 radical (unpaired) electrons. The fourth-order valence-electron chi connectivity index (χ4n) is 3.37. The molecular weight excluding hydrogens is 332 g/mol. The summed E-state index contributed by atoms with van der Waals surface area (Å²) in [6, 6.07) is 9.80. The maximum atomic E-state index is 12.7. The molecule has 6 nitrogen and oxygen atoms in total. The number of nitrogens with zero attached hydrogens (tertiary/aromatic N) is 1. The maximum Gasteiger partial charge on any atom is 0.410 e. The van der Waals surface area contributed by atoms with E-state index < -0.39 is 5.60 Å². The molecule has 0 saturated carbocycles. The molecule has 26 heavy (non-hydrogen) atoms. The first-order valence-corrected chi connectivity index (χ1v) is 9.25. The number of amides is 2. The smallest absolute Gasteiger partial charge is 0.410 e. The van der Waals surface area contributed by atoms with Crippen molar-refractivity contribution in [3.8, 4) is 0 Å². The van der Waals surface area contributed by atoms with Crippen molar-refractivity contribution in [2.24, 2.45) is 0 Å². The monoisotopic (exact) mass is 360 g/mol. The van der Waals surface area contributed by atoms with E-state index in [1.807, 2.05) is 58.0 Å². The van der Waals surface area contributed by atoms with Crippen LogP contribution in [0.25, 0.3) is 0 Å². The highest BCUT2D eigenvalue weighted by Gasteiger charge is 2.43. The fourth-order valence-corrected chi connectivity index (χ4v) is 3.37. The Morgan fingerprint density at radius 1 is 1.23 bits per heavy atom. The molecule has 1 aromatic carbocycles. The van der Waals surface area contributed by atoms with E-state index in [0.29, 0.717) is 19.4 Å². The molecule has 4 atom stereocenters. The number of benzene rings is 1. The summed E-state index contributed by atoms with van der Waals surface area (Å²) in [7, 11) is 0. The number of epoxide rings is 1. The molecule has 0 bridgehead atoms. The summed E-state index contributed by atoms with van der Waals surface area (Å²) in [5, 5.41) is 3.08. The van der Waals surface area contributed by atoms with Gasteiger partial charge in [0.1, 0.15) is 5.60 Å². The third-order valence-electron chi connectivity index (χ3n) is 4.73. The molecule has 2 aliphatic heterocycles. The Morgan fingerprint density at radius 3 is 2.46 bits per heavy atom. The lowest BCUT2D eigenvalue weighted by Gasteiger charge is -2.40. The third kappa shape index (κ3) is 4.55. The Morgan fingerprint density at radius 2 is 1.88 bits per heavy atom. The van der Waals surface area contributed by atoms with E-state index in [9.17, 15) is 9.59 Å². The van der Waals surface area contributed by atoms with Gasteiger partial charge in [-0.2, -0.15) is 0 Å². The lowest BCUT2D eigenvalue weighted by molar-refractivity contribution is -0.123. The van der Waals surface area contributed by atoms with E-state index in [4.69, 9.17) is 9.47 Å². The molecular formula is C20H28N2O4. The van der Waals surface area contributed by atoms with Gasteiger partial charge in [0.2, 0.25) is 0 Å². The molecule has 142 valence electrons. The van der Waals surface area contributed by atoms with Crippen LogP contribution in [0.15, 0.2) is 30.3 Å². The van der Waals surface area contributed by atoms with Crippen molar-refractivity contribution in [2.75, 3.05) is 6.54 Å². The van der Waals surface area contributed by atoms with Crippen LogP contribution < -0.4 is 5.32 Å². The summed E-state index contributed by atoms with van der Waals surface area (Å²) in [4.78, 5) is 26.7. The van der Waals surface area contributed by atoms with E-state index in [0.717, 1.165) is 5.56 Å². The van der Waals surface area contributed by atoms with Gasteiger partial charge >= 0.3 is 6.09 Å². The Bertz CT molecular complexity index is 656. The van der Waals surface area contributed by atoms with Gasteiger partial charge in [-0.3, -0.25) is 4.79 Å². The van der Waals surface area contributed by atoms with E-state index in [1.54, 1.807) is 4.90 Å². The van der Waals surface area contributed by atoms with Crippen molar-refractivity contribution in [3.05, 3.63) is 35.9 Å². The zero-order valence-corrected chi connectivity index (χ0v) is 15.9. The number of rotatable bonds is 3.